The maximum absolute atomic E-state index is 10.8. The first-order valence-corrected chi connectivity index (χ1v) is 4.67. The third-order valence-corrected chi connectivity index (χ3v) is 2.51. The Bertz CT molecular complexity index is 184. The number of nitrogens with zero attached hydrogens (tertiary/aromatic N) is 1. The van der Waals surface area contributed by atoms with Gasteiger partial charge in [-0.25, -0.2) is 0 Å². The highest BCUT2D eigenvalue weighted by Gasteiger charge is 2.36. The molecule has 76 valence electrons. The second kappa shape index (κ2) is 4.58. The SMILES string of the molecule is CCCN(C)C1COCC1C(=O)O. The largest absolute Gasteiger partial charge is 0.481 e. The Hall–Kier alpha value is -0.610. The average Bonchev–Trinajstić information content (AvgIpc) is 2.52. The molecule has 0 saturated carbocycles. The number of carbonyl (C=O) groups is 1. The van der Waals surface area contributed by atoms with E-state index in [4.69, 9.17) is 9.84 Å². The molecule has 0 aliphatic carbocycles. The molecule has 0 amide bonds. The molecule has 1 aliphatic heterocycles. The fourth-order valence-electron chi connectivity index (χ4n) is 1.73. The Morgan fingerprint density at radius 3 is 2.85 bits per heavy atom. The van der Waals surface area contributed by atoms with Crippen LogP contribution in [0.15, 0.2) is 0 Å². The van der Waals surface area contributed by atoms with Crippen molar-refractivity contribution in [3.8, 4) is 0 Å². The lowest BCUT2D eigenvalue weighted by Crippen LogP contribution is -2.41. The standard InChI is InChI=1S/C9H17NO3/c1-3-4-10(2)8-6-13-5-7(8)9(11)12/h7-8H,3-6H2,1-2H3,(H,11,12). The van der Waals surface area contributed by atoms with Crippen LogP contribution in [-0.4, -0.2) is 48.8 Å². The van der Waals surface area contributed by atoms with E-state index in [1.54, 1.807) is 0 Å². The third kappa shape index (κ3) is 2.42. The van der Waals surface area contributed by atoms with Gasteiger partial charge in [-0.15, -0.1) is 0 Å². The fraction of sp³-hybridized carbons (Fsp3) is 0.889. The number of aliphatic carboxylic acids is 1. The fourth-order valence-corrected chi connectivity index (χ4v) is 1.73. The molecule has 0 spiro atoms. The van der Waals surface area contributed by atoms with Gasteiger partial charge in [-0.2, -0.15) is 0 Å². The Kier molecular flexibility index (Phi) is 3.69. The first-order valence-electron chi connectivity index (χ1n) is 4.67. The van der Waals surface area contributed by atoms with Crippen molar-refractivity contribution in [1.29, 1.82) is 0 Å². The number of hydrogen-bond donors (Lipinski definition) is 1. The van der Waals surface area contributed by atoms with Gasteiger partial charge in [0.05, 0.1) is 19.1 Å². The number of likely N-dealkylation sites (N-methyl/N-ethyl adjacent to an activating group) is 1. The van der Waals surface area contributed by atoms with Crippen LogP contribution in [0.5, 0.6) is 0 Å². The predicted octanol–water partition coefficient (Wildman–Crippen LogP) is 0.428. The quantitative estimate of drug-likeness (QED) is 0.693. The summed E-state index contributed by atoms with van der Waals surface area (Å²) in [6.45, 7) is 3.92. The van der Waals surface area contributed by atoms with Crippen molar-refractivity contribution in [3.05, 3.63) is 0 Å². The maximum Gasteiger partial charge on any atom is 0.310 e. The second-order valence-electron chi connectivity index (χ2n) is 3.53. The molecule has 0 radical (unpaired) electrons. The smallest absolute Gasteiger partial charge is 0.310 e. The molecule has 0 aromatic rings. The summed E-state index contributed by atoms with van der Waals surface area (Å²) >= 11 is 0. The van der Waals surface area contributed by atoms with E-state index in [2.05, 4.69) is 11.8 Å². The third-order valence-electron chi connectivity index (χ3n) is 2.51. The highest BCUT2D eigenvalue weighted by Crippen LogP contribution is 2.18. The molecule has 0 aromatic carbocycles. The van der Waals surface area contributed by atoms with Crippen LogP contribution >= 0.6 is 0 Å². The minimum absolute atomic E-state index is 0.0532. The normalized spacial score (nSPS) is 28.2. The van der Waals surface area contributed by atoms with Crippen LogP contribution in [0.1, 0.15) is 13.3 Å². The highest BCUT2D eigenvalue weighted by atomic mass is 16.5. The predicted molar refractivity (Wildman–Crippen MR) is 48.7 cm³/mol. The van der Waals surface area contributed by atoms with Crippen LogP contribution in [0.3, 0.4) is 0 Å². The average molecular weight is 187 g/mol. The van der Waals surface area contributed by atoms with Crippen molar-refractivity contribution in [2.75, 3.05) is 26.8 Å². The lowest BCUT2D eigenvalue weighted by Gasteiger charge is -2.25. The van der Waals surface area contributed by atoms with Gasteiger partial charge in [0.15, 0.2) is 0 Å². The molecule has 2 unspecified atom stereocenters. The van der Waals surface area contributed by atoms with E-state index in [0.29, 0.717) is 13.2 Å². The van der Waals surface area contributed by atoms with Crippen molar-refractivity contribution in [1.82, 2.24) is 4.90 Å². The topological polar surface area (TPSA) is 49.8 Å². The minimum Gasteiger partial charge on any atom is -0.481 e. The lowest BCUT2D eigenvalue weighted by molar-refractivity contribution is -0.143. The Labute approximate surface area is 78.5 Å². The number of ether oxygens (including phenoxy) is 1. The summed E-state index contributed by atoms with van der Waals surface area (Å²) in [6, 6.07) is 0.0532. The van der Waals surface area contributed by atoms with Crippen molar-refractivity contribution in [2.24, 2.45) is 5.92 Å². The molecule has 0 bridgehead atoms. The van der Waals surface area contributed by atoms with Crippen LogP contribution < -0.4 is 0 Å². The molecular formula is C9H17NO3. The monoisotopic (exact) mass is 187 g/mol. The van der Waals surface area contributed by atoms with Crippen molar-refractivity contribution >= 4 is 5.97 Å². The molecule has 1 saturated heterocycles. The summed E-state index contributed by atoms with van der Waals surface area (Å²) in [5.74, 6) is -1.10. The van der Waals surface area contributed by atoms with Crippen LogP contribution in [0.25, 0.3) is 0 Å². The van der Waals surface area contributed by atoms with Gasteiger partial charge in [0.1, 0.15) is 0 Å². The summed E-state index contributed by atoms with van der Waals surface area (Å²) in [5, 5.41) is 8.89. The summed E-state index contributed by atoms with van der Waals surface area (Å²) in [6.07, 6.45) is 1.04. The van der Waals surface area contributed by atoms with Crippen LogP contribution in [0, 0.1) is 5.92 Å². The molecule has 0 aromatic heterocycles. The number of rotatable bonds is 4. The summed E-state index contributed by atoms with van der Waals surface area (Å²) in [5.41, 5.74) is 0. The van der Waals surface area contributed by atoms with Gasteiger partial charge in [-0.3, -0.25) is 4.79 Å². The summed E-state index contributed by atoms with van der Waals surface area (Å²) < 4.78 is 5.18. The molecule has 1 aliphatic rings. The zero-order valence-corrected chi connectivity index (χ0v) is 8.19. The van der Waals surface area contributed by atoms with Gasteiger partial charge in [-0.1, -0.05) is 6.92 Å². The molecular weight excluding hydrogens is 170 g/mol. The molecule has 4 nitrogen and oxygen atoms in total. The van der Waals surface area contributed by atoms with Crippen LogP contribution in [0.2, 0.25) is 0 Å². The van der Waals surface area contributed by atoms with Gasteiger partial charge in [0, 0.05) is 6.04 Å². The summed E-state index contributed by atoms with van der Waals surface area (Å²) in [4.78, 5) is 12.9. The van der Waals surface area contributed by atoms with Gasteiger partial charge in [0.2, 0.25) is 0 Å². The van der Waals surface area contributed by atoms with Crippen LogP contribution in [0.4, 0.5) is 0 Å². The molecule has 1 heterocycles. The van der Waals surface area contributed by atoms with E-state index in [9.17, 15) is 4.79 Å². The van der Waals surface area contributed by atoms with E-state index in [0.717, 1.165) is 13.0 Å². The molecule has 13 heavy (non-hydrogen) atoms. The van der Waals surface area contributed by atoms with E-state index in [-0.39, 0.29) is 12.0 Å². The first-order chi connectivity index (χ1) is 6.16. The Morgan fingerprint density at radius 2 is 2.31 bits per heavy atom. The van der Waals surface area contributed by atoms with E-state index < -0.39 is 5.97 Å². The second-order valence-corrected chi connectivity index (χ2v) is 3.53. The zero-order chi connectivity index (χ0) is 9.84. The van der Waals surface area contributed by atoms with E-state index in [1.807, 2.05) is 7.05 Å². The van der Waals surface area contributed by atoms with Crippen molar-refractivity contribution < 1.29 is 14.6 Å². The maximum atomic E-state index is 10.8. The molecule has 1 N–H and O–H groups in total. The molecule has 1 fully saturated rings. The van der Waals surface area contributed by atoms with E-state index in [1.165, 1.54) is 0 Å². The molecule has 2 atom stereocenters. The van der Waals surface area contributed by atoms with Crippen molar-refractivity contribution in [3.63, 3.8) is 0 Å². The van der Waals surface area contributed by atoms with Gasteiger partial charge in [0.25, 0.3) is 0 Å². The van der Waals surface area contributed by atoms with Crippen LogP contribution in [-0.2, 0) is 9.53 Å². The Morgan fingerprint density at radius 1 is 1.62 bits per heavy atom. The number of carboxylic acid groups (broad SMARTS) is 1. The lowest BCUT2D eigenvalue weighted by atomic mass is 10.0. The Balaban J connectivity index is 2.52. The van der Waals surface area contributed by atoms with Gasteiger partial charge < -0.3 is 14.7 Å². The van der Waals surface area contributed by atoms with Gasteiger partial charge >= 0.3 is 5.97 Å². The summed E-state index contributed by atoms with van der Waals surface area (Å²) in [7, 11) is 1.96. The number of carboxylic acids is 1. The van der Waals surface area contributed by atoms with E-state index >= 15 is 0 Å². The number of hydrogen-bond acceptors (Lipinski definition) is 3. The zero-order valence-electron chi connectivity index (χ0n) is 8.19. The first kappa shape index (κ1) is 10.5. The van der Waals surface area contributed by atoms with Gasteiger partial charge in [-0.05, 0) is 20.0 Å². The van der Waals surface area contributed by atoms with Crippen molar-refractivity contribution in [2.45, 2.75) is 19.4 Å². The molecule has 4 heteroatoms. The highest BCUT2D eigenvalue weighted by molar-refractivity contribution is 5.71. The minimum atomic E-state index is -0.745. The molecule has 1 rings (SSSR count).